The van der Waals surface area contributed by atoms with Gasteiger partial charge >= 0.3 is 5.97 Å². The van der Waals surface area contributed by atoms with Crippen molar-refractivity contribution >= 4 is 37.8 Å². The third-order valence-corrected chi connectivity index (χ3v) is 6.56. The first kappa shape index (κ1) is 26.9. The monoisotopic (exact) mass is 512 g/mol. The van der Waals surface area contributed by atoms with Crippen molar-refractivity contribution in [1.29, 1.82) is 0 Å². The van der Waals surface area contributed by atoms with Crippen molar-refractivity contribution in [3.8, 4) is 0 Å². The topological polar surface area (TPSA) is 216 Å². The van der Waals surface area contributed by atoms with E-state index >= 15 is 0 Å². The molecule has 0 aliphatic rings. The number of sulfonamides is 2. The molecule has 0 heterocycles. The number of carboxylic acids is 1. The molecule has 0 fully saturated rings. The van der Waals surface area contributed by atoms with Gasteiger partial charge in [0.05, 0.1) is 9.79 Å². The molecule has 0 spiro atoms. The number of rotatable bonds is 11. The zero-order valence-corrected chi connectivity index (χ0v) is 19.4. The summed E-state index contributed by atoms with van der Waals surface area (Å²) in [6.07, 6.45) is 0.880. The van der Waals surface area contributed by atoms with Gasteiger partial charge in [-0.2, -0.15) is 0 Å². The molecule has 0 saturated heterocycles. The maximum absolute atomic E-state index is 12.3. The molecule has 12 nitrogen and oxygen atoms in total. The van der Waals surface area contributed by atoms with Crippen LogP contribution in [0.25, 0.3) is 0 Å². The molecule has 14 heteroatoms. The summed E-state index contributed by atoms with van der Waals surface area (Å²) in [5, 5.41) is 24.4. The van der Waals surface area contributed by atoms with Crippen LogP contribution < -0.4 is 20.9 Å². The van der Waals surface area contributed by atoms with Gasteiger partial charge in [0, 0.05) is 17.7 Å². The highest BCUT2D eigenvalue weighted by Gasteiger charge is 2.21. The molecule has 34 heavy (non-hydrogen) atoms. The largest absolute Gasteiger partial charge is 0.480 e. The SMILES string of the molecule is NS(=O)(=O)c1ccc(C(=O)NCCCC[C@H](NC(=O)c2ccc(S(N)(=O)=O)cc2)C(=O)O)cc1. The van der Waals surface area contributed by atoms with E-state index in [-0.39, 0.29) is 33.9 Å². The fraction of sp³-hybridized carbons (Fsp3) is 0.250. The van der Waals surface area contributed by atoms with Gasteiger partial charge in [0.1, 0.15) is 6.04 Å². The van der Waals surface area contributed by atoms with Gasteiger partial charge in [0.2, 0.25) is 20.0 Å². The molecule has 0 unspecified atom stereocenters. The Hall–Kier alpha value is -3.33. The van der Waals surface area contributed by atoms with Gasteiger partial charge in [-0.25, -0.2) is 31.9 Å². The van der Waals surface area contributed by atoms with Gasteiger partial charge in [-0.3, -0.25) is 9.59 Å². The van der Waals surface area contributed by atoms with Crippen molar-refractivity contribution in [2.45, 2.75) is 35.1 Å². The number of carbonyl (C=O) groups is 3. The molecule has 2 aromatic carbocycles. The number of unbranched alkanes of at least 4 members (excludes halogenated alkanes) is 1. The Balaban J connectivity index is 1.82. The molecule has 2 rings (SSSR count). The van der Waals surface area contributed by atoms with E-state index in [0.29, 0.717) is 12.8 Å². The fourth-order valence-corrected chi connectivity index (χ4v) is 3.90. The summed E-state index contributed by atoms with van der Waals surface area (Å²) >= 11 is 0. The predicted octanol–water partition coefficient (Wildman–Crippen LogP) is -0.235. The first-order chi connectivity index (χ1) is 15.8. The molecule has 0 aliphatic carbocycles. The van der Waals surface area contributed by atoms with Crippen LogP contribution in [0.3, 0.4) is 0 Å². The van der Waals surface area contributed by atoms with Gasteiger partial charge in [-0.05, 0) is 67.8 Å². The second-order valence-electron chi connectivity index (χ2n) is 7.25. The van der Waals surface area contributed by atoms with Crippen LogP contribution in [-0.4, -0.2) is 52.3 Å². The quantitative estimate of drug-likeness (QED) is 0.253. The highest BCUT2D eigenvalue weighted by molar-refractivity contribution is 7.89. The molecule has 0 aliphatic heterocycles. The van der Waals surface area contributed by atoms with Crippen LogP contribution in [-0.2, 0) is 24.8 Å². The lowest BCUT2D eigenvalue weighted by atomic mass is 10.1. The van der Waals surface area contributed by atoms with Crippen LogP contribution in [0.5, 0.6) is 0 Å². The number of amides is 2. The number of benzene rings is 2. The normalized spacial score (nSPS) is 12.5. The number of carbonyl (C=O) groups excluding carboxylic acids is 2. The van der Waals surface area contributed by atoms with E-state index in [9.17, 15) is 36.3 Å². The van der Waals surface area contributed by atoms with E-state index in [1.54, 1.807) is 0 Å². The van der Waals surface area contributed by atoms with Crippen LogP contribution in [0.2, 0.25) is 0 Å². The summed E-state index contributed by atoms with van der Waals surface area (Å²) in [6, 6.07) is 8.61. The lowest BCUT2D eigenvalue weighted by molar-refractivity contribution is -0.139. The van der Waals surface area contributed by atoms with Crippen LogP contribution >= 0.6 is 0 Å². The maximum Gasteiger partial charge on any atom is 0.326 e. The minimum atomic E-state index is -3.92. The summed E-state index contributed by atoms with van der Waals surface area (Å²) < 4.78 is 45.0. The standard InChI is InChI=1S/C20H24N4O8S2/c21-33(29,30)15-8-4-13(5-9-15)18(25)23-12-2-1-3-17(20(27)28)24-19(26)14-6-10-16(11-7-14)34(22,31)32/h4-11,17H,1-3,12H2,(H,23,25)(H,24,26)(H,27,28)(H2,21,29,30)(H2,22,31,32)/t17-/m0/s1. The molecule has 2 amide bonds. The Morgan fingerprint density at radius 1 is 0.765 bits per heavy atom. The molecule has 0 bridgehead atoms. The Morgan fingerprint density at radius 2 is 1.21 bits per heavy atom. The lowest BCUT2D eigenvalue weighted by Gasteiger charge is -2.15. The number of carboxylic acid groups (broad SMARTS) is 1. The first-order valence-electron chi connectivity index (χ1n) is 9.86. The molecule has 184 valence electrons. The number of primary sulfonamides is 2. The van der Waals surface area contributed by atoms with Gasteiger partial charge in [-0.15, -0.1) is 0 Å². The first-order valence-corrected chi connectivity index (χ1v) is 13.0. The number of hydrogen-bond donors (Lipinski definition) is 5. The zero-order valence-electron chi connectivity index (χ0n) is 17.8. The lowest BCUT2D eigenvalue weighted by Crippen LogP contribution is -2.40. The van der Waals surface area contributed by atoms with E-state index in [4.69, 9.17) is 10.3 Å². The van der Waals surface area contributed by atoms with Gasteiger partial charge in [0.15, 0.2) is 0 Å². The van der Waals surface area contributed by atoms with Crippen molar-refractivity contribution in [2.75, 3.05) is 6.54 Å². The Morgan fingerprint density at radius 3 is 1.62 bits per heavy atom. The maximum atomic E-state index is 12.3. The Kier molecular flexibility index (Phi) is 8.86. The van der Waals surface area contributed by atoms with Crippen LogP contribution in [0, 0.1) is 0 Å². The summed E-state index contributed by atoms with van der Waals surface area (Å²) in [5.41, 5.74) is 0.302. The summed E-state index contributed by atoms with van der Waals surface area (Å²) in [5.74, 6) is -2.37. The van der Waals surface area contributed by atoms with Crippen molar-refractivity contribution < 1.29 is 36.3 Å². The van der Waals surface area contributed by atoms with E-state index in [0.717, 1.165) is 12.1 Å². The molecule has 0 radical (unpaired) electrons. The van der Waals surface area contributed by atoms with Crippen molar-refractivity contribution in [3.05, 3.63) is 59.7 Å². The third kappa shape index (κ3) is 7.91. The highest BCUT2D eigenvalue weighted by atomic mass is 32.2. The smallest absolute Gasteiger partial charge is 0.326 e. The number of nitrogens with one attached hydrogen (secondary N) is 2. The van der Waals surface area contributed by atoms with Crippen molar-refractivity contribution in [3.63, 3.8) is 0 Å². The van der Waals surface area contributed by atoms with Gasteiger partial charge in [-0.1, -0.05) is 0 Å². The molecular weight excluding hydrogens is 488 g/mol. The zero-order chi connectivity index (χ0) is 25.5. The van der Waals surface area contributed by atoms with E-state index in [1.807, 2.05) is 0 Å². The summed E-state index contributed by atoms with van der Waals surface area (Å²) in [7, 11) is -7.77. The summed E-state index contributed by atoms with van der Waals surface area (Å²) in [6.45, 7) is 0.227. The number of aliphatic carboxylic acids is 1. The molecule has 0 saturated carbocycles. The fourth-order valence-electron chi connectivity index (χ4n) is 2.87. The van der Waals surface area contributed by atoms with Crippen molar-refractivity contribution in [2.24, 2.45) is 10.3 Å². The minimum absolute atomic E-state index is 0.0689. The van der Waals surface area contributed by atoms with E-state index < -0.39 is 43.9 Å². The molecular formula is C20H24N4O8S2. The average molecular weight is 513 g/mol. The molecule has 2 aromatic rings. The van der Waals surface area contributed by atoms with E-state index in [1.165, 1.54) is 36.4 Å². The van der Waals surface area contributed by atoms with Crippen LogP contribution in [0.15, 0.2) is 58.3 Å². The van der Waals surface area contributed by atoms with Crippen molar-refractivity contribution in [1.82, 2.24) is 10.6 Å². The van der Waals surface area contributed by atoms with Gasteiger partial charge < -0.3 is 15.7 Å². The number of nitrogens with two attached hydrogens (primary N) is 2. The highest BCUT2D eigenvalue weighted by Crippen LogP contribution is 2.11. The third-order valence-electron chi connectivity index (χ3n) is 4.70. The average Bonchev–Trinajstić information content (AvgIpc) is 2.76. The number of hydrogen-bond acceptors (Lipinski definition) is 7. The predicted molar refractivity (Wildman–Crippen MR) is 121 cm³/mol. The Labute approximate surface area is 196 Å². The molecule has 1 atom stereocenters. The second kappa shape index (κ2) is 11.2. The van der Waals surface area contributed by atoms with Crippen LogP contribution in [0.1, 0.15) is 40.0 Å². The minimum Gasteiger partial charge on any atom is -0.480 e. The molecule has 0 aromatic heterocycles. The molecule has 7 N–H and O–H groups in total. The van der Waals surface area contributed by atoms with Crippen LogP contribution in [0.4, 0.5) is 0 Å². The Bertz CT molecular complexity index is 1260. The van der Waals surface area contributed by atoms with E-state index in [2.05, 4.69) is 10.6 Å². The second-order valence-corrected chi connectivity index (χ2v) is 10.4. The van der Waals surface area contributed by atoms with Gasteiger partial charge in [0.25, 0.3) is 11.8 Å². The summed E-state index contributed by atoms with van der Waals surface area (Å²) in [4.78, 5) is 35.6.